The lowest BCUT2D eigenvalue weighted by molar-refractivity contribution is 0.477. The van der Waals surface area contributed by atoms with Crippen LogP contribution in [0.15, 0.2) is 127 Å². The van der Waals surface area contributed by atoms with E-state index in [1.165, 1.54) is 38.2 Å². The Morgan fingerprint density at radius 1 is 0.432 bits per heavy atom. The van der Waals surface area contributed by atoms with Gasteiger partial charge in [-0.25, -0.2) is 0 Å². The van der Waals surface area contributed by atoms with Gasteiger partial charge in [-0.1, -0.05) is 152 Å². The first-order valence-electron chi connectivity index (χ1n) is 12.6. The molecule has 0 saturated heterocycles. The van der Waals surface area contributed by atoms with Crippen molar-refractivity contribution in [3.63, 3.8) is 0 Å². The molecule has 0 amide bonds. The maximum Gasteiger partial charge on any atom is 0.123 e. The number of benzene rings is 6. The van der Waals surface area contributed by atoms with Crippen LogP contribution in [0.4, 0.5) is 0 Å². The van der Waals surface area contributed by atoms with Crippen molar-refractivity contribution >= 4 is 44.1 Å². The van der Waals surface area contributed by atoms with Crippen LogP contribution in [0.2, 0.25) is 0 Å². The molecule has 6 rings (SSSR count). The zero-order chi connectivity index (χ0) is 26.2. The van der Waals surface area contributed by atoms with Crippen molar-refractivity contribution in [1.82, 2.24) is 0 Å². The maximum absolute atomic E-state index is 10.7. The van der Waals surface area contributed by atoms with Crippen molar-refractivity contribution in [2.45, 2.75) is 13.8 Å². The largest absolute Gasteiger partial charge is 0.507 e. The number of rotatable bonds is 3. The second-order valence-electron chi connectivity index (χ2n) is 8.31. The first-order chi connectivity index (χ1) is 18.3. The van der Waals surface area contributed by atoms with Gasteiger partial charge in [-0.2, -0.15) is 0 Å². The minimum Gasteiger partial charge on any atom is -0.507 e. The molecule has 1 nitrogen and oxygen atoms in total. The fourth-order valence-electron chi connectivity index (χ4n) is 4.90. The maximum atomic E-state index is 10.7. The van der Waals surface area contributed by atoms with E-state index in [1.807, 2.05) is 61.2 Å². The fourth-order valence-corrected chi connectivity index (χ4v) is 4.90. The summed E-state index contributed by atoms with van der Waals surface area (Å²) in [4.78, 5) is 1.97. The summed E-state index contributed by atoms with van der Waals surface area (Å²) >= 11 is 2.15. The summed E-state index contributed by atoms with van der Waals surface area (Å²) in [6.07, 6.45) is 0. The van der Waals surface area contributed by atoms with E-state index in [4.69, 9.17) is 0 Å². The van der Waals surface area contributed by atoms with E-state index in [9.17, 15) is 5.11 Å². The molecule has 0 atom stereocenters. The highest BCUT2D eigenvalue weighted by Crippen LogP contribution is 2.44. The Kier molecular flexibility index (Phi) is 8.97. The summed E-state index contributed by atoms with van der Waals surface area (Å²) < 4.78 is 0. The predicted octanol–water partition coefficient (Wildman–Crippen LogP) is 10.8. The zero-order valence-corrected chi connectivity index (χ0v) is 23.6. The van der Waals surface area contributed by atoms with E-state index in [2.05, 4.69) is 108 Å². The van der Waals surface area contributed by atoms with Crippen molar-refractivity contribution in [2.75, 3.05) is 4.93 Å². The fraction of sp³-hybridized carbons (Fsp3) is 0.0857. The minimum atomic E-state index is 0.291. The molecule has 0 aliphatic rings. The molecule has 6 aromatic carbocycles. The van der Waals surface area contributed by atoms with Gasteiger partial charge in [-0.05, 0) is 66.4 Å². The van der Waals surface area contributed by atoms with Gasteiger partial charge in [0.2, 0.25) is 0 Å². The molecule has 1 N–H and O–H groups in total. The van der Waals surface area contributed by atoms with E-state index in [0.29, 0.717) is 5.75 Å². The van der Waals surface area contributed by atoms with Crippen molar-refractivity contribution in [2.24, 2.45) is 0 Å². The molecule has 184 valence electrons. The van der Waals surface area contributed by atoms with E-state index in [-0.39, 0.29) is 0 Å². The predicted molar refractivity (Wildman–Crippen MR) is 171 cm³/mol. The molecule has 0 bridgehead atoms. The standard InChI is InChI=1S/C32H22O.C2H6.CH3I/c33-30-20-19-24(21-29(30)22-11-3-1-4-12-22)32-27-17-9-7-15-25(27)31(23-13-5-2-6-14-23)26-16-8-10-18-28(26)32;2*1-2/h1-21,33H;1-2H3;1H3. The summed E-state index contributed by atoms with van der Waals surface area (Å²) in [6, 6.07) is 43.9. The lowest BCUT2D eigenvalue weighted by Gasteiger charge is -2.18. The highest BCUT2D eigenvalue weighted by atomic mass is 127. The number of alkyl halides is 1. The number of phenolic OH excluding ortho intramolecular Hbond substituents is 1. The third-order valence-electron chi connectivity index (χ3n) is 6.36. The quantitative estimate of drug-likeness (QED) is 0.123. The van der Waals surface area contributed by atoms with Crippen LogP contribution >= 0.6 is 22.6 Å². The Balaban J connectivity index is 0.000000765. The molecule has 37 heavy (non-hydrogen) atoms. The van der Waals surface area contributed by atoms with Crippen LogP contribution < -0.4 is 0 Å². The number of halogens is 1. The molecule has 6 aromatic rings. The van der Waals surface area contributed by atoms with E-state index in [1.54, 1.807) is 0 Å². The molecular weight excluding hydrogens is 563 g/mol. The third kappa shape index (κ3) is 5.26. The summed E-state index contributed by atoms with van der Waals surface area (Å²) in [5, 5.41) is 15.5. The highest BCUT2D eigenvalue weighted by Gasteiger charge is 2.17. The lowest BCUT2D eigenvalue weighted by atomic mass is 9.85. The first kappa shape index (κ1) is 26.4. The van der Waals surface area contributed by atoms with Crippen LogP contribution in [0.25, 0.3) is 54.9 Å². The molecule has 2 heteroatoms. The Morgan fingerprint density at radius 2 is 0.811 bits per heavy atom. The second kappa shape index (κ2) is 12.6. The molecule has 0 fully saturated rings. The normalized spacial score (nSPS) is 10.3. The topological polar surface area (TPSA) is 20.2 Å². The minimum absolute atomic E-state index is 0.291. The van der Waals surface area contributed by atoms with Crippen LogP contribution in [0, 0.1) is 0 Å². The van der Waals surface area contributed by atoms with Gasteiger partial charge < -0.3 is 5.11 Å². The summed E-state index contributed by atoms with van der Waals surface area (Å²) in [5.41, 5.74) is 6.61. The van der Waals surface area contributed by atoms with Gasteiger partial charge in [-0.3, -0.25) is 0 Å². The average Bonchev–Trinajstić information content (AvgIpc) is 2.99. The van der Waals surface area contributed by atoms with Crippen LogP contribution in [0.5, 0.6) is 5.75 Å². The van der Waals surface area contributed by atoms with Crippen LogP contribution in [-0.2, 0) is 0 Å². The number of fused-ring (bicyclic) bond motifs is 2. The molecule has 0 unspecified atom stereocenters. The molecule has 0 aliphatic carbocycles. The summed E-state index contributed by atoms with van der Waals surface area (Å²) in [5.74, 6) is 0.291. The monoisotopic (exact) mass is 594 g/mol. The van der Waals surface area contributed by atoms with Gasteiger partial charge in [0.15, 0.2) is 0 Å². The van der Waals surface area contributed by atoms with E-state index in [0.717, 1.165) is 16.7 Å². The Labute approximate surface area is 233 Å². The van der Waals surface area contributed by atoms with Gasteiger partial charge >= 0.3 is 0 Å². The van der Waals surface area contributed by atoms with Crippen LogP contribution in [0.1, 0.15) is 13.8 Å². The first-order valence-corrected chi connectivity index (χ1v) is 14.7. The van der Waals surface area contributed by atoms with Crippen LogP contribution in [0.3, 0.4) is 0 Å². The Morgan fingerprint density at radius 3 is 1.27 bits per heavy atom. The van der Waals surface area contributed by atoms with Crippen molar-refractivity contribution in [1.29, 1.82) is 0 Å². The van der Waals surface area contributed by atoms with Crippen LogP contribution in [-0.4, -0.2) is 10.0 Å². The summed E-state index contributed by atoms with van der Waals surface area (Å²) in [7, 11) is 0. The molecule has 0 heterocycles. The molecule has 0 radical (unpaired) electrons. The van der Waals surface area contributed by atoms with Gasteiger partial charge in [-0.15, -0.1) is 0 Å². The molecule has 0 aromatic heterocycles. The van der Waals surface area contributed by atoms with Gasteiger partial charge in [0.1, 0.15) is 5.75 Å². The Hall–Kier alpha value is -3.63. The molecule has 0 saturated carbocycles. The third-order valence-corrected chi connectivity index (χ3v) is 6.36. The zero-order valence-electron chi connectivity index (χ0n) is 21.4. The van der Waals surface area contributed by atoms with Crippen molar-refractivity contribution in [3.05, 3.63) is 127 Å². The highest BCUT2D eigenvalue weighted by molar-refractivity contribution is 14.1. The van der Waals surface area contributed by atoms with Gasteiger partial charge in [0.25, 0.3) is 0 Å². The molecule has 0 spiro atoms. The van der Waals surface area contributed by atoms with Crippen molar-refractivity contribution in [3.8, 4) is 39.1 Å². The average molecular weight is 595 g/mol. The molecular formula is C35H31IO. The van der Waals surface area contributed by atoms with Crippen molar-refractivity contribution < 1.29 is 5.11 Å². The van der Waals surface area contributed by atoms with Gasteiger partial charge in [0.05, 0.1) is 0 Å². The molecule has 0 aliphatic heterocycles. The van der Waals surface area contributed by atoms with E-state index >= 15 is 0 Å². The Bertz CT molecular complexity index is 1550. The number of aromatic hydroxyl groups is 1. The number of hydrogen-bond acceptors (Lipinski definition) is 1. The SMILES string of the molecule is CC.CI.Oc1ccc(-c2c3ccccc3c(-c3ccccc3)c3ccccc23)cc1-c1ccccc1. The smallest absolute Gasteiger partial charge is 0.123 e. The number of phenols is 1. The summed E-state index contributed by atoms with van der Waals surface area (Å²) in [6.45, 7) is 4.00. The van der Waals surface area contributed by atoms with Gasteiger partial charge in [0, 0.05) is 5.56 Å². The van der Waals surface area contributed by atoms with E-state index < -0.39 is 0 Å². The number of hydrogen-bond donors (Lipinski definition) is 1. The lowest BCUT2D eigenvalue weighted by Crippen LogP contribution is -1.91. The second-order valence-corrected chi connectivity index (χ2v) is 8.31.